The van der Waals surface area contributed by atoms with Crippen molar-refractivity contribution in [3.63, 3.8) is 0 Å². The molecule has 5 heteroatoms. The number of ether oxygens (including phenoxy) is 1. The standard InChI is InChI=1S/C11H14N4O/c1-7-2-3-8-10(13-7)15-11(14-8)9-6-12-4-5-16-9/h2-3,9,12H,4-6H2,1H3,(H,13,14,15). The Hall–Kier alpha value is -1.46. The van der Waals surface area contributed by atoms with Crippen molar-refractivity contribution in [3.05, 3.63) is 23.7 Å². The fourth-order valence-corrected chi connectivity index (χ4v) is 1.90. The molecule has 0 aromatic carbocycles. The first kappa shape index (κ1) is 9.74. The van der Waals surface area contributed by atoms with Crippen LogP contribution in [-0.2, 0) is 4.74 Å². The average Bonchev–Trinajstić information content (AvgIpc) is 2.73. The van der Waals surface area contributed by atoms with Crippen molar-refractivity contribution in [2.75, 3.05) is 19.7 Å². The van der Waals surface area contributed by atoms with E-state index in [1.807, 2.05) is 19.1 Å². The van der Waals surface area contributed by atoms with E-state index < -0.39 is 0 Å². The van der Waals surface area contributed by atoms with Crippen LogP contribution in [0.2, 0.25) is 0 Å². The number of H-pyrrole nitrogens is 1. The second-order valence-electron chi connectivity index (χ2n) is 4.01. The van der Waals surface area contributed by atoms with Crippen LogP contribution < -0.4 is 5.32 Å². The lowest BCUT2D eigenvalue weighted by Gasteiger charge is -2.21. The van der Waals surface area contributed by atoms with E-state index in [9.17, 15) is 0 Å². The number of hydrogen-bond acceptors (Lipinski definition) is 4. The van der Waals surface area contributed by atoms with E-state index >= 15 is 0 Å². The van der Waals surface area contributed by atoms with Crippen LogP contribution in [0.5, 0.6) is 0 Å². The number of morpholine rings is 1. The average molecular weight is 218 g/mol. The fourth-order valence-electron chi connectivity index (χ4n) is 1.90. The van der Waals surface area contributed by atoms with E-state index in [0.29, 0.717) is 0 Å². The highest BCUT2D eigenvalue weighted by Crippen LogP contribution is 2.18. The Bertz CT molecular complexity index is 502. The summed E-state index contributed by atoms with van der Waals surface area (Å²) in [5, 5.41) is 3.28. The highest BCUT2D eigenvalue weighted by molar-refractivity contribution is 5.70. The molecule has 16 heavy (non-hydrogen) atoms. The van der Waals surface area contributed by atoms with Gasteiger partial charge in [0.25, 0.3) is 0 Å². The lowest BCUT2D eigenvalue weighted by molar-refractivity contribution is 0.0228. The van der Waals surface area contributed by atoms with Gasteiger partial charge in [0, 0.05) is 18.8 Å². The van der Waals surface area contributed by atoms with Gasteiger partial charge in [0.05, 0.1) is 12.1 Å². The van der Waals surface area contributed by atoms with Crippen molar-refractivity contribution < 1.29 is 4.74 Å². The van der Waals surface area contributed by atoms with Crippen LogP contribution in [0.1, 0.15) is 17.6 Å². The third kappa shape index (κ3) is 1.68. The number of hydrogen-bond donors (Lipinski definition) is 2. The minimum absolute atomic E-state index is 0.0169. The third-order valence-electron chi connectivity index (χ3n) is 2.74. The summed E-state index contributed by atoms with van der Waals surface area (Å²) in [5.74, 6) is 0.861. The lowest BCUT2D eigenvalue weighted by atomic mass is 10.3. The summed E-state index contributed by atoms with van der Waals surface area (Å²) in [6, 6.07) is 3.98. The first-order valence-corrected chi connectivity index (χ1v) is 5.48. The molecule has 0 radical (unpaired) electrons. The molecule has 3 rings (SSSR count). The van der Waals surface area contributed by atoms with Gasteiger partial charge in [-0.05, 0) is 19.1 Å². The van der Waals surface area contributed by atoms with E-state index in [1.165, 1.54) is 0 Å². The Morgan fingerprint density at radius 1 is 1.38 bits per heavy atom. The molecule has 2 aromatic heterocycles. The monoisotopic (exact) mass is 218 g/mol. The summed E-state index contributed by atoms with van der Waals surface area (Å²) in [5.41, 5.74) is 2.71. The van der Waals surface area contributed by atoms with Crippen LogP contribution in [0.25, 0.3) is 11.2 Å². The second-order valence-corrected chi connectivity index (χ2v) is 4.01. The van der Waals surface area contributed by atoms with Crippen LogP contribution in [0.3, 0.4) is 0 Å². The van der Waals surface area contributed by atoms with Gasteiger partial charge < -0.3 is 15.0 Å². The number of aryl methyl sites for hydroxylation is 1. The first-order chi connectivity index (χ1) is 7.83. The predicted molar refractivity (Wildman–Crippen MR) is 60.2 cm³/mol. The van der Waals surface area contributed by atoms with Gasteiger partial charge in [-0.25, -0.2) is 9.97 Å². The summed E-state index contributed by atoms with van der Waals surface area (Å²) >= 11 is 0. The molecule has 0 bridgehead atoms. The molecule has 84 valence electrons. The number of imidazole rings is 1. The van der Waals surface area contributed by atoms with Crippen molar-refractivity contribution in [2.24, 2.45) is 0 Å². The van der Waals surface area contributed by atoms with Gasteiger partial charge in [-0.3, -0.25) is 0 Å². The predicted octanol–water partition coefficient (Wildman–Crippen LogP) is 0.927. The highest BCUT2D eigenvalue weighted by Gasteiger charge is 2.19. The highest BCUT2D eigenvalue weighted by atomic mass is 16.5. The quantitative estimate of drug-likeness (QED) is 0.747. The third-order valence-corrected chi connectivity index (χ3v) is 2.74. The van der Waals surface area contributed by atoms with E-state index in [4.69, 9.17) is 4.74 Å². The Kier molecular flexibility index (Phi) is 2.34. The molecule has 1 aliphatic heterocycles. The molecule has 5 nitrogen and oxygen atoms in total. The molecule has 0 amide bonds. The number of nitrogens with one attached hydrogen (secondary N) is 2. The van der Waals surface area contributed by atoms with Gasteiger partial charge in [-0.1, -0.05) is 0 Å². The molecular formula is C11H14N4O. The molecule has 1 atom stereocenters. The number of rotatable bonds is 1. The molecule has 3 heterocycles. The molecule has 1 fully saturated rings. The maximum atomic E-state index is 5.64. The maximum Gasteiger partial charge on any atom is 0.178 e. The largest absolute Gasteiger partial charge is 0.368 e. The molecule has 0 aliphatic carbocycles. The molecule has 0 spiro atoms. The topological polar surface area (TPSA) is 62.8 Å². The Balaban J connectivity index is 1.97. The number of aromatic amines is 1. The van der Waals surface area contributed by atoms with Crippen LogP contribution in [0, 0.1) is 6.92 Å². The smallest absolute Gasteiger partial charge is 0.178 e. The van der Waals surface area contributed by atoms with Crippen LogP contribution >= 0.6 is 0 Å². The number of fused-ring (bicyclic) bond motifs is 1. The summed E-state index contributed by atoms with van der Waals surface area (Å²) in [6.07, 6.45) is 0.0169. The summed E-state index contributed by atoms with van der Waals surface area (Å²) in [6.45, 7) is 4.41. The minimum Gasteiger partial charge on any atom is -0.368 e. The molecule has 2 N–H and O–H groups in total. The zero-order valence-corrected chi connectivity index (χ0v) is 9.16. The van der Waals surface area contributed by atoms with Crippen LogP contribution in [-0.4, -0.2) is 34.6 Å². The molecule has 1 unspecified atom stereocenters. The summed E-state index contributed by atoms with van der Waals surface area (Å²) in [7, 11) is 0. The second kappa shape index (κ2) is 3.84. The van der Waals surface area contributed by atoms with Gasteiger partial charge in [0.2, 0.25) is 0 Å². The first-order valence-electron chi connectivity index (χ1n) is 5.48. The van der Waals surface area contributed by atoms with Gasteiger partial charge in [-0.2, -0.15) is 0 Å². The summed E-state index contributed by atoms with van der Waals surface area (Å²) < 4.78 is 5.64. The van der Waals surface area contributed by atoms with Crippen LogP contribution in [0.4, 0.5) is 0 Å². The molecule has 2 aromatic rings. The number of nitrogens with zero attached hydrogens (tertiary/aromatic N) is 2. The number of pyridine rings is 1. The fraction of sp³-hybridized carbons (Fsp3) is 0.455. The molecule has 1 saturated heterocycles. The van der Waals surface area contributed by atoms with Gasteiger partial charge >= 0.3 is 0 Å². The van der Waals surface area contributed by atoms with E-state index in [1.54, 1.807) is 0 Å². The van der Waals surface area contributed by atoms with Crippen molar-refractivity contribution in [1.29, 1.82) is 0 Å². The Morgan fingerprint density at radius 2 is 2.31 bits per heavy atom. The summed E-state index contributed by atoms with van der Waals surface area (Å²) in [4.78, 5) is 12.1. The zero-order valence-electron chi connectivity index (χ0n) is 9.16. The Morgan fingerprint density at radius 3 is 3.12 bits per heavy atom. The van der Waals surface area contributed by atoms with E-state index in [2.05, 4.69) is 20.3 Å². The van der Waals surface area contributed by atoms with E-state index in [0.717, 1.165) is 42.4 Å². The number of aromatic nitrogens is 3. The van der Waals surface area contributed by atoms with Gasteiger partial charge in [-0.15, -0.1) is 0 Å². The Labute approximate surface area is 93.2 Å². The van der Waals surface area contributed by atoms with Crippen LogP contribution in [0.15, 0.2) is 12.1 Å². The molecular weight excluding hydrogens is 204 g/mol. The minimum atomic E-state index is 0.0169. The van der Waals surface area contributed by atoms with Crippen molar-refractivity contribution >= 4 is 11.2 Å². The normalized spacial score (nSPS) is 21.4. The van der Waals surface area contributed by atoms with Crippen molar-refractivity contribution in [3.8, 4) is 0 Å². The van der Waals surface area contributed by atoms with Gasteiger partial charge in [0.1, 0.15) is 11.9 Å². The molecule has 1 aliphatic rings. The zero-order chi connectivity index (χ0) is 11.0. The maximum absolute atomic E-state index is 5.64. The van der Waals surface area contributed by atoms with E-state index in [-0.39, 0.29) is 6.10 Å². The SMILES string of the molecule is Cc1ccc2[nH]c(C3CNCCO3)nc2n1. The molecule has 0 saturated carbocycles. The van der Waals surface area contributed by atoms with Crippen molar-refractivity contribution in [2.45, 2.75) is 13.0 Å². The van der Waals surface area contributed by atoms with Crippen molar-refractivity contribution in [1.82, 2.24) is 20.3 Å². The van der Waals surface area contributed by atoms with Gasteiger partial charge in [0.15, 0.2) is 5.65 Å². The lowest BCUT2D eigenvalue weighted by Crippen LogP contribution is -2.33.